The highest BCUT2D eigenvalue weighted by molar-refractivity contribution is 6.32. The Morgan fingerprint density at radius 3 is 2.44 bits per heavy atom. The standard InChI is InChI=1S/C16H14ClN5O3/c1-24-14-8-13(15(25-2)7-12(14)17)19-16(23)10-3-5-11(6-4-10)22-9-18-20-21-22/h3-9H,1-2H3,(H,19,23). The molecule has 1 N–H and O–H groups in total. The number of halogens is 1. The Bertz CT molecular complexity index is 882. The smallest absolute Gasteiger partial charge is 0.255 e. The van der Waals surface area contributed by atoms with E-state index in [1.54, 1.807) is 36.4 Å². The molecule has 3 aromatic rings. The number of benzene rings is 2. The lowest BCUT2D eigenvalue weighted by Gasteiger charge is -2.13. The highest BCUT2D eigenvalue weighted by atomic mass is 35.5. The van der Waals surface area contributed by atoms with Gasteiger partial charge in [0.1, 0.15) is 17.8 Å². The first-order valence-corrected chi connectivity index (χ1v) is 7.56. The van der Waals surface area contributed by atoms with Crippen molar-refractivity contribution in [3.63, 3.8) is 0 Å². The van der Waals surface area contributed by atoms with Gasteiger partial charge in [-0.15, -0.1) is 5.10 Å². The molecule has 0 fully saturated rings. The second-order valence-corrected chi connectivity index (χ2v) is 5.35. The van der Waals surface area contributed by atoms with Crippen molar-refractivity contribution in [2.75, 3.05) is 19.5 Å². The zero-order valence-corrected chi connectivity index (χ0v) is 14.2. The van der Waals surface area contributed by atoms with E-state index in [0.29, 0.717) is 27.8 Å². The number of tetrazole rings is 1. The lowest BCUT2D eigenvalue weighted by molar-refractivity contribution is 0.102. The second kappa shape index (κ2) is 7.18. The van der Waals surface area contributed by atoms with Crippen LogP contribution in [-0.2, 0) is 0 Å². The molecule has 0 saturated heterocycles. The van der Waals surface area contributed by atoms with Gasteiger partial charge in [-0.05, 0) is 34.7 Å². The van der Waals surface area contributed by atoms with Crippen LogP contribution in [0.2, 0.25) is 5.02 Å². The number of nitrogens with zero attached hydrogens (tertiary/aromatic N) is 4. The molecule has 9 heteroatoms. The largest absolute Gasteiger partial charge is 0.495 e. The van der Waals surface area contributed by atoms with Crippen LogP contribution in [-0.4, -0.2) is 40.3 Å². The van der Waals surface area contributed by atoms with Gasteiger partial charge in [0.15, 0.2) is 0 Å². The van der Waals surface area contributed by atoms with Crippen molar-refractivity contribution in [3.8, 4) is 17.2 Å². The lowest BCUT2D eigenvalue weighted by atomic mass is 10.2. The van der Waals surface area contributed by atoms with E-state index in [0.717, 1.165) is 5.69 Å². The van der Waals surface area contributed by atoms with Gasteiger partial charge in [0, 0.05) is 17.7 Å². The minimum absolute atomic E-state index is 0.300. The van der Waals surface area contributed by atoms with Gasteiger partial charge in [-0.2, -0.15) is 0 Å². The zero-order chi connectivity index (χ0) is 17.8. The maximum atomic E-state index is 12.5. The van der Waals surface area contributed by atoms with Crippen LogP contribution in [0.3, 0.4) is 0 Å². The number of hydrogen-bond donors (Lipinski definition) is 1. The van der Waals surface area contributed by atoms with Crippen molar-refractivity contribution < 1.29 is 14.3 Å². The van der Waals surface area contributed by atoms with E-state index in [2.05, 4.69) is 20.8 Å². The van der Waals surface area contributed by atoms with Crippen molar-refractivity contribution in [2.45, 2.75) is 0 Å². The fourth-order valence-corrected chi connectivity index (χ4v) is 2.43. The first-order chi connectivity index (χ1) is 12.1. The molecule has 0 spiro atoms. The summed E-state index contributed by atoms with van der Waals surface area (Å²) in [7, 11) is 2.99. The van der Waals surface area contributed by atoms with Crippen LogP contribution in [0.1, 0.15) is 10.4 Å². The van der Waals surface area contributed by atoms with Crippen molar-refractivity contribution in [1.82, 2.24) is 20.2 Å². The van der Waals surface area contributed by atoms with Crippen molar-refractivity contribution in [3.05, 3.63) is 53.3 Å². The number of carbonyl (C=O) groups is 1. The highest BCUT2D eigenvalue weighted by Gasteiger charge is 2.14. The summed E-state index contributed by atoms with van der Waals surface area (Å²) in [5, 5.41) is 14.1. The number of carbonyl (C=O) groups excluding carboxylic acids is 1. The molecule has 1 aromatic heterocycles. The van der Waals surface area contributed by atoms with E-state index in [4.69, 9.17) is 21.1 Å². The van der Waals surface area contributed by atoms with Gasteiger partial charge >= 0.3 is 0 Å². The number of methoxy groups -OCH3 is 2. The summed E-state index contributed by atoms with van der Waals surface area (Å²) in [6.45, 7) is 0. The molecule has 0 saturated carbocycles. The van der Waals surface area contributed by atoms with Gasteiger partial charge < -0.3 is 14.8 Å². The lowest BCUT2D eigenvalue weighted by Crippen LogP contribution is -2.13. The molecule has 8 nitrogen and oxygen atoms in total. The van der Waals surface area contributed by atoms with Gasteiger partial charge in [-0.1, -0.05) is 11.6 Å². The summed E-state index contributed by atoms with van der Waals surface area (Å²) in [6.07, 6.45) is 1.47. The minimum atomic E-state index is -0.300. The fraction of sp³-hybridized carbons (Fsp3) is 0.125. The molecule has 2 aromatic carbocycles. The van der Waals surface area contributed by atoms with Crippen LogP contribution in [0.5, 0.6) is 11.5 Å². The van der Waals surface area contributed by atoms with Crippen molar-refractivity contribution in [2.24, 2.45) is 0 Å². The average molecular weight is 360 g/mol. The number of rotatable bonds is 5. The molecular weight excluding hydrogens is 346 g/mol. The predicted octanol–water partition coefficient (Wildman–Crippen LogP) is 2.59. The zero-order valence-electron chi connectivity index (χ0n) is 13.4. The Morgan fingerprint density at radius 1 is 1.12 bits per heavy atom. The molecule has 0 bridgehead atoms. The topological polar surface area (TPSA) is 91.2 Å². The molecule has 1 heterocycles. The van der Waals surface area contributed by atoms with E-state index < -0.39 is 0 Å². The summed E-state index contributed by atoms with van der Waals surface area (Å²) < 4.78 is 11.9. The van der Waals surface area contributed by atoms with E-state index in [1.807, 2.05) is 0 Å². The third-order valence-corrected chi connectivity index (χ3v) is 3.76. The van der Waals surface area contributed by atoms with Gasteiger partial charge in [-0.3, -0.25) is 4.79 Å². The summed E-state index contributed by atoms with van der Waals surface area (Å²) in [5.74, 6) is 0.571. The first kappa shape index (κ1) is 16.7. The van der Waals surface area contributed by atoms with Gasteiger partial charge in [0.05, 0.1) is 30.6 Å². The average Bonchev–Trinajstić information content (AvgIpc) is 3.17. The molecule has 0 unspecified atom stereocenters. The molecule has 0 atom stereocenters. The molecule has 128 valence electrons. The van der Waals surface area contributed by atoms with Crippen LogP contribution in [0.25, 0.3) is 5.69 Å². The third kappa shape index (κ3) is 3.53. The number of ether oxygens (including phenoxy) is 2. The summed E-state index contributed by atoms with van der Waals surface area (Å²) >= 11 is 6.06. The Hall–Kier alpha value is -3.13. The van der Waals surface area contributed by atoms with Crippen molar-refractivity contribution >= 4 is 23.2 Å². The van der Waals surface area contributed by atoms with E-state index in [1.165, 1.54) is 25.2 Å². The van der Waals surface area contributed by atoms with Crippen LogP contribution >= 0.6 is 11.6 Å². The Balaban J connectivity index is 1.82. The maximum absolute atomic E-state index is 12.5. The van der Waals surface area contributed by atoms with E-state index in [9.17, 15) is 4.79 Å². The number of nitrogens with one attached hydrogen (secondary N) is 1. The molecule has 25 heavy (non-hydrogen) atoms. The molecule has 0 aliphatic rings. The molecular formula is C16H14ClN5O3. The second-order valence-electron chi connectivity index (χ2n) is 4.94. The van der Waals surface area contributed by atoms with Crippen LogP contribution in [0, 0.1) is 0 Å². The van der Waals surface area contributed by atoms with Crippen LogP contribution in [0.4, 0.5) is 5.69 Å². The SMILES string of the molecule is COc1cc(NC(=O)c2ccc(-n3cnnn3)cc2)c(OC)cc1Cl. The van der Waals surface area contributed by atoms with E-state index in [-0.39, 0.29) is 5.91 Å². The Kier molecular flexibility index (Phi) is 4.80. The number of amides is 1. The number of aromatic nitrogens is 4. The van der Waals surface area contributed by atoms with Gasteiger partial charge in [0.25, 0.3) is 5.91 Å². The number of anilines is 1. The number of hydrogen-bond acceptors (Lipinski definition) is 6. The summed E-state index contributed by atoms with van der Waals surface area (Å²) in [5.41, 5.74) is 1.67. The maximum Gasteiger partial charge on any atom is 0.255 e. The van der Waals surface area contributed by atoms with E-state index >= 15 is 0 Å². The highest BCUT2D eigenvalue weighted by Crippen LogP contribution is 2.36. The molecule has 0 aliphatic heterocycles. The molecule has 0 radical (unpaired) electrons. The monoisotopic (exact) mass is 359 g/mol. The molecule has 0 aliphatic carbocycles. The minimum Gasteiger partial charge on any atom is -0.495 e. The van der Waals surface area contributed by atoms with Gasteiger partial charge in [-0.25, -0.2) is 4.68 Å². The predicted molar refractivity (Wildman–Crippen MR) is 91.7 cm³/mol. The van der Waals surface area contributed by atoms with Gasteiger partial charge in [0.2, 0.25) is 0 Å². The Labute approximate surface area is 148 Å². The summed E-state index contributed by atoms with van der Waals surface area (Å²) in [6, 6.07) is 10.0. The third-order valence-electron chi connectivity index (χ3n) is 3.47. The quantitative estimate of drug-likeness (QED) is 0.752. The molecule has 3 rings (SSSR count). The fourth-order valence-electron chi connectivity index (χ4n) is 2.20. The van der Waals surface area contributed by atoms with Crippen LogP contribution < -0.4 is 14.8 Å². The normalized spacial score (nSPS) is 10.4. The first-order valence-electron chi connectivity index (χ1n) is 7.18. The van der Waals surface area contributed by atoms with Crippen LogP contribution in [0.15, 0.2) is 42.7 Å². The summed E-state index contributed by atoms with van der Waals surface area (Å²) in [4.78, 5) is 12.5. The van der Waals surface area contributed by atoms with Crippen molar-refractivity contribution in [1.29, 1.82) is 0 Å². The Morgan fingerprint density at radius 2 is 1.84 bits per heavy atom. The molecule has 1 amide bonds.